The van der Waals surface area contributed by atoms with Gasteiger partial charge in [0, 0.05) is 11.6 Å². The Bertz CT molecular complexity index is 1650. The third-order valence-electron chi connectivity index (χ3n) is 6.45. The molecule has 2 aliphatic heterocycles. The first-order valence-electron chi connectivity index (χ1n) is 12.2. The van der Waals surface area contributed by atoms with E-state index in [2.05, 4.69) is 15.0 Å². The molecule has 2 fully saturated rings. The standard InChI is InChI=1S/C22H22N7O13P/c23-19-16-20(25-8-24-19)28(9-26-16)22-17(34)18-13(41-22)7-40-43(38,42-18)39-6-11-2-1-10(3-12(11)29(36)37)21(35)27(4-14(30)31)5-15(32)33/h1-3,8-9,13,17-18,22,34H,4-7H2,(H,30,31)(H,32,33)(H2,23,24,25)/p-2/t13-,17-,18-,22-,43-/m1/s1. The topological polar surface area (TPSA) is 288 Å². The minimum atomic E-state index is -4.43. The van der Waals surface area contributed by atoms with Crippen LogP contribution in [0, 0.1) is 10.1 Å². The minimum absolute atomic E-state index is 0.102. The second-order valence-corrected chi connectivity index (χ2v) is 10.9. The Labute approximate surface area is 239 Å². The number of anilines is 1. The molecule has 3 aromatic rings. The fourth-order valence-electron chi connectivity index (χ4n) is 4.51. The maximum atomic E-state index is 13.3. The zero-order chi connectivity index (χ0) is 31.1. The number of carbonyl (C=O) groups excluding carboxylic acids is 3. The Morgan fingerprint density at radius 3 is 2.60 bits per heavy atom. The van der Waals surface area contributed by atoms with E-state index in [-0.39, 0.29) is 29.2 Å². The molecule has 4 heterocycles. The van der Waals surface area contributed by atoms with E-state index >= 15 is 0 Å². The van der Waals surface area contributed by atoms with Gasteiger partial charge in [-0.05, 0) is 12.1 Å². The normalized spacial score (nSPS) is 24.9. The summed E-state index contributed by atoms with van der Waals surface area (Å²) in [4.78, 5) is 57.7. The summed E-state index contributed by atoms with van der Waals surface area (Å²) < 4.78 is 36.4. The Kier molecular flexibility index (Phi) is 8.06. The molecule has 2 aromatic heterocycles. The molecule has 1 aromatic carbocycles. The van der Waals surface area contributed by atoms with Crippen molar-refractivity contribution in [1.29, 1.82) is 0 Å². The van der Waals surface area contributed by atoms with Crippen LogP contribution in [0.3, 0.4) is 0 Å². The summed E-state index contributed by atoms with van der Waals surface area (Å²) >= 11 is 0. The van der Waals surface area contributed by atoms with Crippen molar-refractivity contribution in [1.82, 2.24) is 24.4 Å². The summed E-state index contributed by atoms with van der Waals surface area (Å²) in [5, 5.41) is 44.5. The van der Waals surface area contributed by atoms with Gasteiger partial charge < -0.3 is 40.3 Å². The molecule has 2 saturated heterocycles. The minimum Gasteiger partial charge on any atom is -0.548 e. The van der Waals surface area contributed by atoms with Crippen molar-refractivity contribution in [2.45, 2.75) is 31.1 Å². The largest absolute Gasteiger partial charge is 0.548 e. The number of phosphoric ester groups is 1. The van der Waals surface area contributed by atoms with Gasteiger partial charge in [-0.2, -0.15) is 0 Å². The predicted octanol–water partition coefficient (Wildman–Crippen LogP) is -2.74. The number of aliphatic hydroxyl groups excluding tert-OH is 1. The highest BCUT2D eigenvalue weighted by molar-refractivity contribution is 7.48. The Morgan fingerprint density at radius 1 is 1.21 bits per heavy atom. The van der Waals surface area contributed by atoms with E-state index in [4.69, 9.17) is 24.0 Å². The molecular weight excluding hydrogens is 601 g/mol. The van der Waals surface area contributed by atoms with Gasteiger partial charge in [0.05, 0.1) is 55.1 Å². The number of aromatic nitrogens is 4. The number of hydrogen-bond acceptors (Lipinski definition) is 17. The van der Waals surface area contributed by atoms with Crippen molar-refractivity contribution in [3.63, 3.8) is 0 Å². The van der Waals surface area contributed by atoms with Crippen LogP contribution in [0.2, 0.25) is 0 Å². The third-order valence-corrected chi connectivity index (χ3v) is 7.86. The third kappa shape index (κ3) is 6.00. The van der Waals surface area contributed by atoms with Crippen molar-refractivity contribution in [3.8, 4) is 0 Å². The van der Waals surface area contributed by atoms with Crippen molar-refractivity contribution in [3.05, 3.63) is 52.1 Å². The van der Waals surface area contributed by atoms with Gasteiger partial charge in [-0.25, -0.2) is 19.5 Å². The van der Waals surface area contributed by atoms with Gasteiger partial charge in [0.2, 0.25) is 0 Å². The number of fused-ring (bicyclic) bond motifs is 2. The summed E-state index contributed by atoms with van der Waals surface area (Å²) in [6, 6.07) is 2.87. The molecule has 5 atom stereocenters. The van der Waals surface area contributed by atoms with Gasteiger partial charge >= 0.3 is 7.82 Å². The number of aliphatic carboxylic acids is 2. The molecule has 228 valence electrons. The van der Waals surface area contributed by atoms with Crippen LogP contribution in [0.5, 0.6) is 0 Å². The molecule has 0 saturated carbocycles. The highest BCUT2D eigenvalue weighted by atomic mass is 31.2. The van der Waals surface area contributed by atoms with Crippen LogP contribution >= 0.6 is 7.82 Å². The quantitative estimate of drug-likeness (QED) is 0.132. The fourth-order valence-corrected chi connectivity index (χ4v) is 5.89. The Hall–Kier alpha value is -4.59. The molecular formula is C22H20N7O13P-2. The van der Waals surface area contributed by atoms with E-state index in [0.29, 0.717) is 4.90 Å². The monoisotopic (exact) mass is 621 g/mol. The molecule has 3 N–H and O–H groups in total. The number of carboxylic acids is 2. The van der Waals surface area contributed by atoms with E-state index in [1.165, 1.54) is 17.2 Å². The second-order valence-electron chi connectivity index (χ2n) is 9.23. The number of rotatable bonds is 10. The summed E-state index contributed by atoms with van der Waals surface area (Å²) in [6.07, 6.45) is -2.10. The highest BCUT2D eigenvalue weighted by Crippen LogP contribution is 2.57. The van der Waals surface area contributed by atoms with E-state index in [9.17, 15) is 44.4 Å². The number of nitro groups is 1. The number of benzene rings is 1. The second kappa shape index (κ2) is 11.6. The maximum Gasteiger partial charge on any atom is 0.475 e. The van der Waals surface area contributed by atoms with E-state index in [1.807, 2.05) is 0 Å². The van der Waals surface area contributed by atoms with Crippen molar-refractivity contribution < 1.29 is 57.5 Å². The number of ether oxygens (including phenoxy) is 1. The summed E-state index contributed by atoms with van der Waals surface area (Å²) in [7, 11) is -4.43. The van der Waals surface area contributed by atoms with Gasteiger partial charge in [-0.1, -0.05) is 0 Å². The molecule has 20 nitrogen and oxygen atoms in total. The highest BCUT2D eigenvalue weighted by Gasteiger charge is 2.53. The van der Waals surface area contributed by atoms with E-state index < -0.39 is 86.1 Å². The SMILES string of the molecule is Nc1ncnc2c1ncn2[C@@H]1O[C@@H]2CO[P@@](=O)(OCc3ccc(C(=O)N(CC(=O)[O-])CC(=O)[O-])cc3[N+](=O)[O-])O[C@H]2[C@H]1O. The number of amides is 1. The first-order valence-corrected chi connectivity index (χ1v) is 13.6. The van der Waals surface area contributed by atoms with E-state index in [1.54, 1.807) is 0 Å². The number of nitrogen functional groups attached to an aromatic ring is 1. The molecule has 1 amide bonds. The lowest BCUT2D eigenvalue weighted by Gasteiger charge is -2.30. The van der Waals surface area contributed by atoms with Crippen LogP contribution in [-0.4, -0.2) is 90.3 Å². The molecule has 0 aliphatic carbocycles. The van der Waals surface area contributed by atoms with Gasteiger partial charge in [0.25, 0.3) is 11.6 Å². The number of phosphoric acid groups is 1. The Morgan fingerprint density at radius 2 is 1.93 bits per heavy atom. The van der Waals surface area contributed by atoms with Crippen molar-refractivity contribution in [2.24, 2.45) is 0 Å². The van der Waals surface area contributed by atoms with Gasteiger partial charge in [-0.3, -0.25) is 33.0 Å². The van der Waals surface area contributed by atoms with Crippen LogP contribution in [0.1, 0.15) is 22.1 Å². The number of nitro benzene ring substituents is 1. The average molecular weight is 621 g/mol. The number of carboxylic acid groups (broad SMARTS) is 2. The molecule has 0 spiro atoms. The lowest BCUT2D eigenvalue weighted by atomic mass is 10.1. The zero-order valence-corrected chi connectivity index (χ0v) is 22.5. The molecule has 5 rings (SSSR count). The number of aliphatic hydroxyl groups is 1. The van der Waals surface area contributed by atoms with E-state index in [0.717, 1.165) is 18.2 Å². The van der Waals surface area contributed by atoms with Crippen molar-refractivity contribution >= 4 is 48.3 Å². The summed E-state index contributed by atoms with van der Waals surface area (Å²) in [5.74, 6) is -4.60. The fraction of sp³-hybridized carbons (Fsp3) is 0.364. The van der Waals surface area contributed by atoms with Crippen LogP contribution < -0.4 is 15.9 Å². The molecule has 0 radical (unpaired) electrons. The van der Waals surface area contributed by atoms with Crippen LogP contribution in [0.15, 0.2) is 30.9 Å². The zero-order valence-electron chi connectivity index (χ0n) is 21.6. The smallest absolute Gasteiger partial charge is 0.475 e. The number of nitrogens with two attached hydrogens (primary N) is 1. The van der Waals surface area contributed by atoms with Crippen LogP contribution in [0.25, 0.3) is 11.2 Å². The van der Waals surface area contributed by atoms with Gasteiger partial charge in [-0.15, -0.1) is 0 Å². The van der Waals surface area contributed by atoms with Crippen LogP contribution in [-0.2, 0) is 39.1 Å². The summed E-state index contributed by atoms with van der Waals surface area (Å²) in [5.41, 5.74) is 5.00. The van der Waals surface area contributed by atoms with Gasteiger partial charge in [0.1, 0.15) is 30.2 Å². The summed E-state index contributed by atoms with van der Waals surface area (Å²) in [6.45, 7) is -3.28. The van der Waals surface area contributed by atoms with Crippen molar-refractivity contribution in [2.75, 3.05) is 25.4 Å². The lowest BCUT2D eigenvalue weighted by Crippen LogP contribution is -2.47. The van der Waals surface area contributed by atoms with Crippen LogP contribution in [0.4, 0.5) is 11.5 Å². The molecule has 0 unspecified atom stereocenters. The molecule has 2 aliphatic rings. The molecule has 21 heteroatoms. The van der Waals surface area contributed by atoms with Gasteiger partial charge in [0.15, 0.2) is 17.7 Å². The first kappa shape index (κ1) is 29.9. The lowest BCUT2D eigenvalue weighted by molar-refractivity contribution is -0.385. The average Bonchev–Trinajstić information content (AvgIpc) is 3.52. The number of nitrogens with zero attached hydrogens (tertiary/aromatic N) is 6. The molecule has 0 bridgehead atoms. The molecule has 43 heavy (non-hydrogen) atoms. The number of hydrogen-bond donors (Lipinski definition) is 2. The predicted molar refractivity (Wildman–Crippen MR) is 132 cm³/mol. The maximum absolute atomic E-state index is 13.3. The number of carbonyl (C=O) groups is 3. The number of imidazole rings is 1. The Balaban J connectivity index is 1.30. The first-order chi connectivity index (χ1) is 20.4.